The standard InChI is InChI=1S/C11H16N4/c1-3-5-15(6-4-2)10-8-13-11(7-12)14-9-10/h8-9H,3-6H2,1-2H3. The summed E-state index contributed by atoms with van der Waals surface area (Å²) in [6, 6.07) is 1.92. The minimum absolute atomic E-state index is 0.228. The van der Waals surface area contributed by atoms with E-state index in [0.717, 1.165) is 31.6 Å². The highest BCUT2D eigenvalue weighted by Crippen LogP contribution is 2.11. The minimum Gasteiger partial charge on any atom is -0.369 e. The summed E-state index contributed by atoms with van der Waals surface area (Å²) < 4.78 is 0. The third-order valence-corrected chi connectivity index (χ3v) is 2.09. The molecule has 0 aromatic carbocycles. The molecule has 0 saturated carbocycles. The van der Waals surface area contributed by atoms with Crippen LogP contribution in [-0.4, -0.2) is 23.1 Å². The van der Waals surface area contributed by atoms with Crippen molar-refractivity contribution in [3.8, 4) is 6.07 Å². The van der Waals surface area contributed by atoms with Crippen molar-refractivity contribution in [3.05, 3.63) is 18.2 Å². The first-order chi connectivity index (χ1) is 7.31. The largest absolute Gasteiger partial charge is 0.369 e. The van der Waals surface area contributed by atoms with E-state index in [1.165, 1.54) is 0 Å². The number of hydrogen-bond acceptors (Lipinski definition) is 4. The maximum atomic E-state index is 8.59. The lowest BCUT2D eigenvalue weighted by Crippen LogP contribution is -2.25. The van der Waals surface area contributed by atoms with Gasteiger partial charge in [0.15, 0.2) is 0 Å². The van der Waals surface area contributed by atoms with Gasteiger partial charge >= 0.3 is 0 Å². The van der Waals surface area contributed by atoms with E-state index in [1.54, 1.807) is 12.4 Å². The van der Waals surface area contributed by atoms with E-state index >= 15 is 0 Å². The van der Waals surface area contributed by atoms with Crippen molar-refractivity contribution in [2.75, 3.05) is 18.0 Å². The Morgan fingerprint density at radius 3 is 2.13 bits per heavy atom. The normalized spacial score (nSPS) is 9.67. The van der Waals surface area contributed by atoms with Crippen molar-refractivity contribution in [2.24, 2.45) is 0 Å². The predicted molar refractivity (Wildman–Crippen MR) is 59.5 cm³/mol. The van der Waals surface area contributed by atoms with Gasteiger partial charge in [0.25, 0.3) is 0 Å². The molecule has 15 heavy (non-hydrogen) atoms. The summed E-state index contributed by atoms with van der Waals surface area (Å²) in [5, 5.41) is 8.59. The van der Waals surface area contributed by atoms with Crippen LogP contribution in [0, 0.1) is 11.3 Å². The molecule has 0 unspecified atom stereocenters. The van der Waals surface area contributed by atoms with Crippen LogP contribution in [0.25, 0.3) is 0 Å². The van der Waals surface area contributed by atoms with E-state index in [-0.39, 0.29) is 5.82 Å². The maximum absolute atomic E-state index is 8.59. The van der Waals surface area contributed by atoms with Gasteiger partial charge in [0, 0.05) is 13.1 Å². The monoisotopic (exact) mass is 204 g/mol. The SMILES string of the molecule is CCCN(CCC)c1cnc(C#N)nc1. The van der Waals surface area contributed by atoms with E-state index < -0.39 is 0 Å². The van der Waals surface area contributed by atoms with Crippen LogP contribution >= 0.6 is 0 Å². The van der Waals surface area contributed by atoms with E-state index in [2.05, 4.69) is 28.7 Å². The highest BCUT2D eigenvalue weighted by Gasteiger charge is 2.05. The molecular formula is C11H16N4. The summed E-state index contributed by atoms with van der Waals surface area (Å²) >= 11 is 0. The Morgan fingerprint density at radius 1 is 1.20 bits per heavy atom. The van der Waals surface area contributed by atoms with Crippen molar-refractivity contribution in [1.82, 2.24) is 9.97 Å². The molecule has 1 aromatic heterocycles. The topological polar surface area (TPSA) is 52.8 Å². The molecule has 0 fully saturated rings. The van der Waals surface area contributed by atoms with Gasteiger partial charge in [-0.2, -0.15) is 5.26 Å². The van der Waals surface area contributed by atoms with Gasteiger partial charge in [0.1, 0.15) is 6.07 Å². The molecule has 0 aliphatic carbocycles. The van der Waals surface area contributed by atoms with Crippen molar-refractivity contribution in [1.29, 1.82) is 5.26 Å². The predicted octanol–water partition coefficient (Wildman–Crippen LogP) is 1.97. The molecular weight excluding hydrogens is 188 g/mol. The van der Waals surface area contributed by atoms with Crippen LogP contribution in [0.1, 0.15) is 32.5 Å². The molecule has 0 bridgehead atoms. The first kappa shape index (κ1) is 11.4. The number of aromatic nitrogens is 2. The summed E-state index contributed by atoms with van der Waals surface area (Å²) in [5.74, 6) is 0.228. The van der Waals surface area contributed by atoms with Crippen molar-refractivity contribution < 1.29 is 0 Å². The molecule has 0 aliphatic heterocycles. The molecule has 0 aliphatic rings. The zero-order valence-electron chi connectivity index (χ0n) is 9.27. The Kier molecular flexibility index (Phi) is 4.55. The molecule has 0 amide bonds. The highest BCUT2D eigenvalue weighted by atomic mass is 15.1. The summed E-state index contributed by atoms with van der Waals surface area (Å²) in [6.45, 7) is 6.30. The molecule has 1 rings (SSSR count). The van der Waals surface area contributed by atoms with Gasteiger partial charge in [-0.25, -0.2) is 9.97 Å². The Balaban J connectivity index is 2.77. The maximum Gasteiger partial charge on any atom is 0.232 e. The molecule has 0 radical (unpaired) electrons. The molecule has 80 valence electrons. The van der Waals surface area contributed by atoms with Crippen molar-refractivity contribution in [2.45, 2.75) is 26.7 Å². The summed E-state index contributed by atoms with van der Waals surface area (Å²) in [6.07, 6.45) is 5.63. The minimum atomic E-state index is 0.228. The molecule has 0 spiro atoms. The van der Waals surface area contributed by atoms with Crippen LogP contribution in [0.5, 0.6) is 0 Å². The van der Waals surface area contributed by atoms with Gasteiger partial charge < -0.3 is 4.90 Å². The van der Waals surface area contributed by atoms with Crippen LogP contribution < -0.4 is 4.90 Å². The van der Waals surface area contributed by atoms with Crippen LogP contribution in [0.2, 0.25) is 0 Å². The second-order valence-electron chi connectivity index (χ2n) is 3.36. The average molecular weight is 204 g/mol. The molecule has 4 heteroatoms. The second-order valence-corrected chi connectivity index (χ2v) is 3.36. The zero-order valence-corrected chi connectivity index (χ0v) is 9.27. The zero-order chi connectivity index (χ0) is 11.1. The van der Waals surface area contributed by atoms with Gasteiger partial charge in [-0.1, -0.05) is 13.8 Å². The van der Waals surface area contributed by atoms with Gasteiger partial charge in [-0.3, -0.25) is 0 Å². The average Bonchev–Trinajstić information content (AvgIpc) is 2.29. The lowest BCUT2D eigenvalue weighted by molar-refractivity contribution is 0.740. The fraction of sp³-hybridized carbons (Fsp3) is 0.545. The van der Waals surface area contributed by atoms with Crippen molar-refractivity contribution >= 4 is 5.69 Å². The summed E-state index contributed by atoms with van der Waals surface area (Å²) in [4.78, 5) is 10.2. The fourth-order valence-corrected chi connectivity index (χ4v) is 1.45. The van der Waals surface area contributed by atoms with E-state index in [9.17, 15) is 0 Å². The third-order valence-electron chi connectivity index (χ3n) is 2.09. The summed E-state index contributed by atoms with van der Waals surface area (Å²) in [5.41, 5.74) is 0.998. The number of nitriles is 1. The number of anilines is 1. The smallest absolute Gasteiger partial charge is 0.232 e. The van der Waals surface area contributed by atoms with Crippen molar-refractivity contribution in [3.63, 3.8) is 0 Å². The second kappa shape index (κ2) is 5.97. The summed E-state index contributed by atoms with van der Waals surface area (Å²) in [7, 11) is 0. The van der Waals surface area contributed by atoms with E-state index in [1.807, 2.05) is 6.07 Å². The van der Waals surface area contributed by atoms with Gasteiger partial charge in [-0.05, 0) is 12.8 Å². The highest BCUT2D eigenvalue weighted by molar-refractivity contribution is 5.42. The van der Waals surface area contributed by atoms with Crippen LogP contribution in [0.4, 0.5) is 5.69 Å². The molecule has 0 saturated heterocycles. The Bertz CT molecular complexity index is 319. The Labute approximate surface area is 90.6 Å². The first-order valence-electron chi connectivity index (χ1n) is 5.28. The third kappa shape index (κ3) is 3.21. The van der Waals surface area contributed by atoms with E-state index in [4.69, 9.17) is 5.26 Å². The Hall–Kier alpha value is -1.63. The van der Waals surface area contributed by atoms with Gasteiger partial charge in [0.2, 0.25) is 5.82 Å². The van der Waals surface area contributed by atoms with Crippen LogP contribution in [0.15, 0.2) is 12.4 Å². The van der Waals surface area contributed by atoms with Gasteiger partial charge in [-0.15, -0.1) is 0 Å². The molecule has 0 N–H and O–H groups in total. The first-order valence-corrected chi connectivity index (χ1v) is 5.28. The van der Waals surface area contributed by atoms with Gasteiger partial charge in [0.05, 0.1) is 18.1 Å². The Morgan fingerprint density at radius 2 is 1.73 bits per heavy atom. The number of hydrogen-bond donors (Lipinski definition) is 0. The van der Waals surface area contributed by atoms with Crippen LogP contribution in [0.3, 0.4) is 0 Å². The molecule has 4 nitrogen and oxygen atoms in total. The number of rotatable bonds is 5. The number of nitrogens with zero attached hydrogens (tertiary/aromatic N) is 4. The van der Waals surface area contributed by atoms with E-state index in [0.29, 0.717) is 0 Å². The molecule has 1 aromatic rings. The van der Waals surface area contributed by atoms with Crippen LogP contribution in [-0.2, 0) is 0 Å². The quantitative estimate of drug-likeness (QED) is 0.735. The lowest BCUT2D eigenvalue weighted by atomic mass is 10.3. The molecule has 0 atom stereocenters. The fourth-order valence-electron chi connectivity index (χ4n) is 1.45. The lowest BCUT2D eigenvalue weighted by Gasteiger charge is -2.22. The molecule has 1 heterocycles.